The van der Waals surface area contributed by atoms with Gasteiger partial charge in [0.2, 0.25) is 0 Å². The number of aromatic nitrogens is 1. The first kappa shape index (κ1) is 45.9. The summed E-state index contributed by atoms with van der Waals surface area (Å²) in [5.74, 6) is 0. The number of rotatable bonds is 10. The van der Waals surface area contributed by atoms with E-state index in [1.165, 1.54) is 60.4 Å². The van der Waals surface area contributed by atoms with Crippen molar-refractivity contribution in [1.82, 2.24) is 4.57 Å². The largest absolute Gasteiger partial charge is 0.455 e. The van der Waals surface area contributed by atoms with Gasteiger partial charge in [-0.2, -0.15) is 0 Å². The van der Waals surface area contributed by atoms with E-state index in [1.807, 2.05) is 0 Å². The van der Waals surface area contributed by atoms with Gasteiger partial charge in [-0.15, -0.1) is 0 Å². The number of hydrogen-bond acceptors (Lipinski definition) is 2. The molecule has 0 amide bonds. The molecular weight excluding hydrogens is 957 g/mol. The van der Waals surface area contributed by atoms with Crippen LogP contribution < -0.4 is 4.90 Å². The molecule has 0 aliphatic heterocycles. The molecule has 0 radical (unpaired) electrons. The van der Waals surface area contributed by atoms with E-state index in [9.17, 15) is 0 Å². The lowest BCUT2D eigenvalue weighted by Gasteiger charge is -2.26. The first-order valence-electron chi connectivity index (χ1n) is 27.1. The van der Waals surface area contributed by atoms with Gasteiger partial charge in [-0.25, -0.2) is 0 Å². The van der Waals surface area contributed by atoms with Crippen LogP contribution in [0.5, 0.6) is 0 Å². The SMILES string of the molecule is c1ccc(-c2ccc(N(c3ccc(-c4cccc(-c5cccc6c5oc5c(-c7ccccc7)cccc56)c4)cc3)c3ccc(-c4ccc5c(c4)c4c6ccccc6ccc4n5-c4ccc(-c5ccccc5)cc4)cc3)cc2)cc1. The molecule has 0 unspecified atom stereocenters. The number of anilines is 3. The molecule has 0 bridgehead atoms. The highest BCUT2D eigenvalue weighted by Gasteiger charge is 2.20. The van der Waals surface area contributed by atoms with E-state index < -0.39 is 0 Å². The number of benzene rings is 13. The highest BCUT2D eigenvalue weighted by Crippen LogP contribution is 2.44. The third kappa shape index (κ3) is 8.16. The minimum Gasteiger partial charge on any atom is -0.455 e. The van der Waals surface area contributed by atoms with Crippen molar-refractivity contribution in [2.75, 3.05) is 4.90 Å². The van der Waals surface area contributed by atoms with Crippen LogP contribution >= 0.6 is 0 Å². The van der Waals surface area contributed by atoms with Crippen molar-refractivity contribution in [2.45, 2.75) is 0 Å². The molecule has 15 aromatic rings. The maximum absolute atomic E-state index is 6.83. The fourth-order valence-electron chi connectivity index (χ4n) is 11.9. The lowest BCUT2D eigenvalue weighted by atomic mass is 9.97. The van der Waals surface area contributed by atoms with E-state index in [-0.39, 0.29) is 0 Å². The van der Waals surface area contributed by atoms with Crippen LogP contribution in [0.2, 0.25) is 0 Å². The van der Waals surface area contributed by atoms with Crippen LogP contribution in [0, 0.1) is 0 Å². The van der Waals surface area contributed by atoms with Gasteiger partial charge in [-0.3, -0.25) is 0 Å². The van der Waals surface area contributed by atoms with Crippen molar-refractivity contribution in [1.29, 1.82) is 0 Å². The van der Waals surface area contributed by atoms with Gasteiger partial charge in [-0.05, 0) is 139 Å². The molecule has 13 aromatic carbocycles. The molecule has 2 aromatic heterocycles. The minimum absolute atomic E-state index is 0.899. The first-order valence-corrected chi connectivity index (χ1v) is 27.1. The molecule has 0 fully saturated rings. The Balaban J connectivity index is 0.785. The average molecular weight is 1010 g/mol. The van der Waals surface area contributed by atoms with Gasteiger partial charge in [0.25, 0.3) is 0 Å². The monoisotopic (exact) mass is 1010 g/mol. The van der Waals surface area contributed by atoms with Crippen LogP contribution in [-0.2, 0) is 0 Å². The number of para-hydroxylation sites is 2. The fourth-order valence-corrected chi connectivity index (χ4v) is 11.9. The van der Waals surface area contributed by atoms with Crippen molar-refractivity contribution in [2.24, 2.45) is 0 Å². The van der Waals surface area contributed by atoms with Crippen LogP contribution in [0.15, 0.2) is 308 Å². The summed E-state index contributed by atoms with van der Waals surface area (Å²) in [4.78, 5) is 2.36. The molecule has 79 heavy (non-hydrogen) atoms. The Kier molecular flexibility index (Phi) is 11.2. The average Bonchev–Trinajstić information content (AvgIpc) is 4.30. The Morgan fingerprint density at radius 1 is 0.253 bits per heavy atom. The number of fused-ring (bicyclic) bond motifs is 8. The summed E-state index contributed by atoms with van der Waals surface area (Å²) in [7, 11) is 0. The Morgan fingerprint density at radius 3 is 1.24 bits per heavy atom. The van der Waals surface area contributed by atoms with Crippen molar-refractivity contribution in [3.63, 3.8) is 0 Å². The second-order valence-corrected chi connectivity index (χ2v) is 20.4. The molecule has 0 spiro atoms. The lowest BCUT2D eigenvalue weighted by molar-refractivity contribution is 0.671. The van der Waals surface area contributed by atoms with Crippen molar-refractivity contribution >= 4 is 71.6 Å². The van der Waals surface area contributed by atoms with E-state index in [0.29, 0.717) is 0 Å². The highest BCUT2D eigenvalue weighted by atomic mass is 16.3. The zero-order valence-electron chi connectivity index (χ0n) is 43.2. The summed E-state index contributed by atoms with van der Waals surface area (Å²) in [5, 5.41) is 7.22. The molecule has 0 N–H and O–H groups in total. The van der Waals surface area contributed by atoms with E-state index >= 15 is 0 Å². The summed E-state index contributed by atoms with van der Waals surface area (Å²) in [6, 6.07) is 110. The molecule has 370 valence electrons. The van der Waals surface area contributed by atoms with Crippen molar-refractivity contribution in [3.05, 3.63) is 303 Å². The van der Waals surface area contributed by atoms with Gasteiger partial charge in [0.1, 0.15) is 11.2 Å². The normalized spacial score (nSPS) is 11.5. The minimum atomic E-state index is 0.899. The maximum Gasteiger partial charge on any atom is 0.143 e. The van der Waals surface area contributed by atoms with Crippen LogP contribution in [0.25, 0.3) is 127 Å². The second-order valence-electron chi connectivity index (χ2n) is 20.4. The topological polar surface area (TPSA) is 21.3 Å². The maximum atomic E-state index is 6.83. The predicted molar refractivity (Wildman–Crippen MR) is 333 cm³/mol. The van der Waals surface area contributed by atoms with Crippen molar-refractivity contribution in [3.8, 4) is 72.4 Å². The molecule has 3 heteroatoms. The Bertz CT molecular complexity index is 4710. The van der Waals surface area contributed by atoms with Gasteiger partial charge in [0.05, 0.1) is 11.0 Å². The van der Waals surface area contributed by atoms with Crippen LogP contribution in [0.4, 0.5) is 17.1 Å². The molecule has 0 atom stereocenters. The van der Waals surface area contributed by atoms with Gasteiger partial charge in [-0.1, -0.05) is 231 Å². The molecule has 0 saturated heterocycles. The molecule has 2 heterocycles. The zero-order chi connectivity index (χ0) is 52.2. The standard InChI is InChI=1S/C76H50N2O/c1-4-15-51(16-5-1)53-29-39-62(40-30-53)77(63-41-33-55(34-42-63)59-22-12-23-61(49-59)68-26-14-28-70-69-27-13-25-67(75(69)79-76(68)70)57-19-8-3-9-20-57)64-43-35-56(36-44-64)60-38-47-72-71(50-60)74-66-24-11-10-21-58(66)37-48-73(74)78(72)65-45-31-54(32-46-65)52-17-6-2-7-18-52/h1-50H. The first-order chi connectivity index (χ1) is 39.2. The van der Waals surface area contributed by atoms with Crippen molar-refractivity contribution < 1.29 is 4.42 Å². The highest BCUT2D eigenvalue weighted by molar-refractivity contribution is 6.22. The lowest BCUT2D eigenvalue weighted by Crippen LogP contribution is -2.09. The smallest absolute Gasteiger partial charge is 0.143 e. The zero-order valence-corrected chi connectivity index (χ0v) is 43.2. The van der Waals surface area contributed by atoms with E-state index in [0.717, 1.165) is 83.6 Å². The second kappa shape index (κ2) is 19.3. The predicted octanol–water partition coefficient (Wildman–Crippen LogP) is 21.3. The Labute approximate surface area is 458 Å². The summed E-state index contributed by atoms with van der Waals surface area (Å²) in [6.07, 6.45) is 0. The summed E-state index contributed by atoms with van der Waals surface area (Å²) < 4.78 is 9.25. The molecular formula is C76H50N2O. The summed E-state index contributed by atoms with van der Waals surface area (Å²) >= 11 is 0. The molecule has 0 aliphatic rings. The summed E-state index contributed by atoms with van der Waals surface area (Å²) in [6.45, 7) is 0. The fraction of sp³-hybridized carbons (Fsp3) is 0. The van der Waals surface area contributed by atoms with Gasteiger partial charge < -0.3 is 13.9 Å². The van der Waals surface area contributed by atoms with Gasteiger partial charge in [0, 0.05) is 55.4 Å². The molecule has 15 rings (SSSR count). The number of hydrogen-bond donors (Lipinski definition) is 0. The number of nitrogens with zero attached hydrogens (tertiary/aromatic N) is 2. The van der Waals surface area contributed by atoms with E-state index in [2.05, 4.69) is 313 Å². The third-order valence-electron chi connectivity index (χ3n) is 15.8. The Morgan fingerprint density at radius 2 is 0.658 bits per heavy atom. The molecule has 0 aliphatic carbocycles. The van der Waals surface area contributed by atoms with Gasteiger partial charge >= 0.3 is 0 Å². The van der Waals surface area contributed by atoms with Crippen LogP contribution in [-0.4, -0.2) is 4.57 Å². The van der Waals surface area contributed by atoms with E-state index in [4.69, 9.17) is 4.42 Å². The van der Waals surface area contributed by atoms with Gasteiger partial charge in [0.15, 0.2) is 0 Å². The Hall–Kier alpha value is -10.5. The van der Waals surface area contributed by atoms with Crippen LogP contribution in [0.1, 0.15) is 0 Å². The third-order valence-corrected chi connectivity index (χ3v) is 15.8. The molecule has 3 nitrogen and oxygen atoms in total. The van der Waals surface area contributed by atoms with E-state index in [1.54, 1.807) is 0 Å². The quantitative estimate of drug-likeness (QED) is 0.136. The summed E-state index contributed by atoms with van der Waals surface area (Å²) in [5.41, 5.74) is 22.4. The van der Waals surface area contributed by atoms with Crippen LogP contribution in [0.3, 0.4) is 0 Å². The molecule has 0 saturated carbocycles. The number of furan rings is 1.